The van der Waals surface area contributed by atoms with E-state index in [9.17, 15) is 4.79 Å². The molecule has 2 aliphatic heterocycles. The SMILES string of the molecule is CN1CCCC[C@H]1[C@H]1COC(=O)C1. The molecule has 0 aromatic carbocycles. The van der Waals surface area contributed by atoms with E-state index >= 15 is 0 Å². The Hall–Kier alpha value is -0.570. The van der Waals surface area contributed by atoms with Crippen LogP contribution in [0, 0.1) is 5.92 Å². The topological polar surface area (TPSA) is 29.5 Å². The molecule has 3 heteroatoms. The summed E-state index contributed by atoms with van der Waals surface area (Å²) >= 11 is 0. The molecule has 2 atom stereocenters. The van der Waals surface area contributed by atoms with Gasteiger partial charge in [0, 0.05) is 12.0 Å². The minimum atomic E-state index is -0.0102. The molecule has 2 aliphatic rings. The number of carbonyl (C=O) groups is 1. The van der Waals surface area contributed by atoms with Crippen LogP contribution in [0.25, 0.3) is 0 Å². The van der Waals surface area contributed by atoms with E-state index in [0.717, 1.165) is 0 Å². The lowest BCUT2D eigenvalue weighted by molar-refractivity contribution is -0.137. The summed E-state index contributed by atoms with van der Waals surface area (Å²) in [5.74, 6) is 0.446. The van der Waals surface area contributed by atoms with Gasteiger partial charge in [-0.05, 0) is 26.4 Å². The molecule has 2 fully saturated rings. The summed E-state index contributed by atoms with van der Waals surface area (Å²) in [6.07, 6.45) is 4.47. The van der Waals surface area contributed by atoms with Crippen molar-refractivity contribution < 1.29 is 9.53 Å². The first-order valence-corrected chi connectivity index (χ1v) is 5.13. The number of piperidine rings is 1. The second-order valence-electron chi connectivity index (χ2n) is 4.19. The Morgan fingerprint density at radius 1 is 1.46 bits per heavy atom. The van der Waals surface area contributed by atoms with Gasteiger partial charge in [-0.15, -0.1) is 0 Å². The second kappa shape index (κ2) is 3.66. The molecule has 2 heterocycles. The summed E-state index contributed by atoms with van der Waals surface area (Å²) in [5.41, 5.74) is 0. The van der Waals surface area contributed by atoms with Crippen molar-refractivity contribution in [2.75, 3.05) is 20.2 Å². The third kappa shape index (κ3) is 1.85. The van der Waals surface area contributed by atoms with E-state index in [1.54, 1.807) is 0 Å². The summed E-state index contributed by atoms with van der Waals surface area (Å²) in [6, 6.07) is 0.584. The number of ether oxygens (including phenoxy) is 1. The van der Waals surface area contributed by atoms with Crippen LogP contribution in [0.2, 0.25) is 0 Å². The highest BCUT2D eigenvalue weighted by Crippen LogP contribution is 2.27. The highest BCUT2D eigenvalue weighted by atomic mass is 16.5. The molecule has 0 saturated carbocycles. The van der Waals surface area contributed by atoms with Crippen molar-refractivity contribution in [3.05, 3.63) is 0 Å². The summed E-state index contributed by atoms with van der Waals surface area (Å²) < 4.78 is 5.00. The minimum Gasteiger partial charge on any atom is -0.465 e. The predicted molar refractivity (Wildman–Crippen MR) is 49.3 cm³/mol. The maximum absolute atomic E-state index is 11.0. The number of likely N-dealkylation sites (tertiary alicyclic amines) is 1. The van der Waals surface area contributed by atoms with E-state index in [2.05, 4.69) is 11.9 Å². The molecule has 0 spiro atoms. The first-order valence-electron chi connectivity index (χ1n) is 5.13. The molecule has 13 heavy (non-hydrogen) atoms. The van der Waals surface area contributed by atoms with Crippen LogP contribution in [0.4, 0.5) is 0 Å². The van der Waals surface area contributed by atoms with Gasteiger partial charge in [0.25, 0.3) is 0 Å². The first-order chi connectivity index (χ1) is 6.27. The van der Waals surface area contributed by atoms with Crippen molar-refractivity contribution in [1.82, 2.24) is 4.90 Å². The first kappa shape index (κ1) is 9.00. The van der Waals surface area contributed by atoms with E-state index in [1.807, 2.05) is 0 Å². The zero-order valence-electron chi connectivity index (χ0n) is 8.16. The molecule has 2 saturated heterocycles. The Bertz CT molecular complexity index is 205. The second-order valence-corrected chi connectivity index (χ2v) is 4.19. The van der Waals surface area contributed by atoms with Gasteiger partial charge in [0.2, 0.25) is 0 Å². The number of hydrogen-bond acceptors (Lipinski definition) is 3. The van der Waals surface area contributed by atoms with Crippen molar-refractivity contribution in [2.24, 2.45) is 5.92 Å². The number of nitrogens with zero attached hydrogens (tertiary/aromatic N) is 1. The largest absolute Gasteiger partial charge is 0.465 e. The fourth-order valence-corrected chi connectivity index (χ4v) is 2.48. The maximum atomic E-state index is 11.0. The van der Waals surface area contributed by atoms with Gasteiger partial charge in [0.15, 0.2) is 0 Å². The van der Waals surface area contributed by atoms with Crippen LogP contribution in [0.1, 0.15) is 25.7 Å². The van der Waals surface area contributed by atoms with Crippen LogP contribution in [0.5, 0.6) is 0 Å². The van der Waals surface area contributed by atoms with Crippen molar-refractivity contribution in [3.8, 4) is 0 Å². The average molecular weight is 183 g/mol. The van der Waals surface area contributed by atoms with Crippen LogP contribution in [-0.4, -0.2) is 37.1 Å². The molecule has 0 N–H and O–H groups in total. The number of rotatable bonds is 1. The minimum absolute atomic E-state index is 0.0102. The van der Waals surface area contributed by atoms with E-state index in [-0.39, 0.29) is 5.97 Å². The molecule has 0 aromatic rings. The Labute approximate surface area is 79.0 Å². The quantitative estimate of drug-likeness (QED) is 0.569. The van der Waals surface area contributed by atoms with Gasteiger partial charge < -0.3 is 9.64 Å². The number of esters is 1. The number of cyclic esters (lactones) is 1. The molecule has 0 unspecified atom stereocenters. The maximum Gasteiger partial charge on any atom is 0.306 e. The van der Waals surface area contributed by atoms with E-state index in [1.165, 1.54) is 25.8 Å². The number of carbonyl (C=O) groups excluding carboxylic acids is 1. The fourth-order valence-electron chi connectivity index (χ4n) is 2.48. The molecule has 0 aliphatic carbocycles. The van der Waals surface area contributed by atoms with Gasteiger partial charge in [-0.3, -0.25) is 4.79 Å². The van der Waals surface area contributed by atoms with Gasteiger partial charge in [0.1, 0.15) is 0 Å². The van der Waals surface area contributed by atoms with Gasteiger partial charge in [-0.1, -0.05) is 6.42 Å². The highest BCUT2D eigenvalue weighted by Gasteiger charge is 2.34. The number of hydrogen-bond donors (Lipinski definition) is 0. The van der Waals surface area contributed by atoms with Crippen molar-refractivity contribution >= 4 is 5.97 Å². The third-order valence-electron chi connectivity index (χ3n) is 3.26. The van der Waals surface area contributed by atoms with Crippen molar-refractivity contribution in [1.29, 1.82) is 0 Å². The van der Waals surface area contributed by atoms with Gasteiger partial charge in [0.05, 0.1) is 13.0 Å². The smallest absolute Gasteiger partial charge is 0.306 e. The van der Waals surface area contributed by atoms with Crippen molar-refractivity contribution in [2.45, 2.75) is 31.7 Å². The van der Waals surface area contributed by atoms with Gasteiger partial charge in [-0.25, -0.2) is 0 Å². The molecular weight excluding hydrogens is 166 g/mol. The molecule has 74 valence electrons. The van der Waals surface area contributed by atoms with Crippen LogP contribution in [-0.2, 0) is 9.53 Å². The van der Waals surface area contributed by atoms with Crippen LogP contribution < -0.4 is 0 Å². The lowest BCUT2D eigenvalue weighted by Crippen LogP contribution is -2.41. The molecule has 3 nitrogen and oxygen atoms in total. The van der Waals surface area contributed by atoms with E-state index < -0.39 is 0 Å². The molecular formula is C10H17NO2. The van der Waals surface area contributed by atoms with Gasteiger partial charge in [-0.2, -0.15) is 0 Å². The Morgan fingerprint density at radius 3 is 2.92 bits per heavy atom. The monoisotopic (exact) mass is 183 g/mol. The van der Waals surface area contributed by atoms with E-state index in [4.69, 9.17) is 4.74 Å². The highest BCUT2D eigenvalue weighted by molar-refractivity contribution is 5.71. The Morgan fingerprint density at radius 2 is 2.31 bits per heavy atom. The van der Waals surface area contributed by atoms with Crippen LogP contribution >= 0.6 is 0 Å². The Kier molecular flexibility index (Phi) is 2.54. The summed E-state index contributed by atoms with van der Waals surface area (Å²) in [6.45, 7) is 1.82. The Balaban J connectivity index is 1.94. The van der Waals surface area contributed by atoms with Crippen LogP contribution in [0.15, 0.2) is 0 Å². The van der Waals surface area contributed by atoms with E-state index in [0.29, 0.717) is 25.0 Å². The van der Waals surface area contributed by atoms with Crippen LogP contribution in [0.3, 0.4) is 0 Å². The molecule has 0 aromatic heterocycles. The average Bonchev–Trinajstić information content (AvgIpc) is 2.53. The normalized spacial score (nSPS) is 36.2. The predicted octanol–water partition coefficient (Wildman–Crippen LogP) is 1.03. The summed E-state index contributed by atoms with van der Waals surface area (Å²) in [4.78, 5) is 13.3. The summed E-state index contributed by atoms with van der Waals surface area (Å²) in [5, 5.41) is 0. The molecule has 2 rings (SSSR count). The third-order valence-corrected chi connectivity index (χ3v) is 3.26. The summed E-state index contributed by atoms with van der Waals surface area (Å²) in [7, 11) is 2.16. The van der Waals surface area contributed by atoms with Crippen molar-refractivity contribution in [3.63, 3.8) is 0 Å². The molecule has 0 bridgehead atoms. The molecule has 0 radical (unpaired) electrons. The lowest BCUT2D eigenvalue weighted by atomic mass is 9.90. The lowest BCUT2D eigenvalue weighted by Gasteiger charge is -2.35. The standard InChI is InChI=1S/C10H17NO2/c1-11-5-3-2-4-9(11)8-6-10(12)13-7-8/h8-9H,2-7H2,1H3/t8-,9+/m1/s1. The fraction of sp³-hybridized carbons (Fsp3) is 0.900. The zero-order valence-corrected chi connectivity index (χ0v) is 8.16. The van der Waals surface area contributed by atoms with Gasteiger partial charge >= 0.3 is 5.97 Å². The molecule has 0 amide bonds. The zero-order chi connectivity index (χ0) is 9.26.